The van der Waals surface area contributed by atoms with Crippen molar-refractivity contribution in [1.29, 1.82) is 5.26 Å². The number of carbonyl (C=O) groups is 2. The Morgan fingerprint density at radius 3 is 2.71 bits per heavy atom. The van der Waals surface area contributed by atoms with Gasteiger partial charge in [0.25, 0.3) is 5.91 Å². The summed E-state index contributed by atoms with van der Waals surface area (Å²) in [4.78, 5) is 39.9. The zero-order chi connectivity index (χ0) is 35.9. The summed E-state index contributed by atoms with van der Waals surface area (Å²) in [5.74, 6) is -0.0937. The molecule has 11 nitrogen and oxygen atoms in total. The van der Waals surface area contributed by atoms with Crippen LogP contribution in [-0.4, -0.2) is 88.7 Å². The Balaban J connectivity index is 1.17. The summed E-state index contributed by atoms with van der Waals surface area (Å²) >= 11 is 0. The first-order valence-electron chi connectivity index (χ1n) is 17.3. The van der Waals surface area contributed by atoms with Crippen molar-refractivity contribution >= 4 is 23.3 Å². The van der Waals surface area contributed by atoms with Crippen molar-refractivity contribution in [3.63, 3.8) is 0 Å². The molecule has 4 aliphatic heterocycles. The third kappa shape index (κ3) is 7.55. The highest BCUT2D eigenvalue weighted by Crippen LogP contribution is 2.40. The van der Waals surface area contributed by atoms with Crippen LogP contribution in [0, 0.1) is 23.1 Å². The van der Waals surface area contributed by atoms with E-state index in [1.807, 2.05) is 47.1 Å². The number of carbonyl (C=O) groups excluding carboxylic acids is 2. The number of nitriles is 1. The number of hydrogen-bond donors (Lipinski definition) is 3. The zero-order valence-electron chi connectivity index (χ0n) is 28.7. The number of piperazine rings is 1. The number of rotatable bonds is 11. The van der Waals surface area contributed by atoms with Gasteiger partial charge < -0.3 is 30.3 Å². The number of fused-ring (bicyclic) bond motifs is 1. The molecule has 2 saturated heterocycles. The molecule has 0 aromatic heterocycles. The number of halogens is 1. The molecule has 264 valence electrons. The monoisotopic (exact) mass is 691 g/mol. The molecule has 3 N–H and O–H groups in total. The number of benzene rings is 2. The van der Waals surface area contributed by atoms with Crippen molar-refractivity contribution in [2.75, 3.05) is 51.3 Å². The lowest BCUT2D eigenvalue weighted by molar-refractivity contribution is -0.138. The highest BCUT2D eigenvalue weighted by atomic mass is 19.1. The van der Waals surface area contributed by atoms with Crippen molar-refractivity contribution in [3.05, 3.63) is 90.0 Å². The highest BCUT2D eigenvalue weighted by Gasteiger charge is 2.33. The van der Waals surface area contributed by atoms with Gasteiger partial charge in [-0.05, 0) is 67.1 Å². The topological polar surface area (TPSA) is 144 Å². The van der Waals surface area contributed by atoms with Crippen LogP contribution in [0.1, 0.15) is 41.3 Å². The van der Waals surface area contributed by atoms with E-state index in [1.165, 1.54) is 6.07 Å². The van der Waals surface area contributed by atoms with Crippen molar-refractivity contribution in [2.24, 2.45) is 5.92 Å². The molecule has 6 rings (SSSR count). The number of amides is 2. The molecule has 2 aromatic rings. The normalized spacial score (nSPS) is 16.5. The molecule has 0 saturated carbocycles. The molecule has 0 unspecified atom stereocenters. The number of piperidine rings is 1. The Bertz CT molecular complexity index is 1920. The minimum atomic E-state index is -0.541. The number of allylic oxidation sites excluding steroid dienone is 1. The Kier molecular flexibility index (Phi) is 11.2. The van der Waals surface area contributed by atoms with Crippen LogP contribution in [0.25, 0.3) is 22.4 Å². The maximum atomic E-state index is 15.5. The molecule has 0 aliphatic carbocycles. The van der Waals surface area contributed by atoms with E-state index in [9.17, 15) is 14.7 Å². The molecule has 2 aromatic carbocycles. The van der Waals surface area contributed by atoms with Crippen LogP contribution in [-0.2, 0) is 17.6 Å². The summed E-state index contributed by atoms with van der Waals surface area (Å²) in [7, 11) is 0. The van der Waals surface area contributed by atoms with Crippen molar-refractivity contribution in [1.82, 2.24) is 25.1 Å². The van der Waals surface area contributed by atoms with Crippen molar-refractivity contribution < 1.29 is 23.8 Å². The Morgan fingerprint density at radius 1 is 1.14 bits per heavy atom. The Labute approximate surface area is 297 Å². The van der Waals surface area contributed by atoms with Crippen LogP contribution >= 0.6 is 0 Å². The molecule has 51 heavy (non-hydrogen) atoms. The number of aromatic nitrogens is 2. The van der Waals surface area contributed by atoms with Crippen LogP contribution in [0.5, 0.6) is 5.75 Å². The fourth-order valence-corrected chi connectivity index (χ4v) is 7.01. The quantitative estimate of drug-likeness (QED) is 0.186. The lowest BCUT2D eigenvalue weighted by Gasteiger charge is -2.38. The van der Waals surface area contributed by atoms with Gasteiger partial charge in [0.1, 0.15) is 11.8 Å². The lowest BCUT2D eigenvalue weighted by Crippen LogP contribution is -2.56. The van der Waals surface area contributed by atoms with E-state index >= 15 is 4.39 Å². The maximum absolute atomic E-state index is 15.5. The molecule has 4 heterocycles. The zero-order valence-corrected chi connectivity index (χ0v) is 28.7. The highest BCUT2D eigenvalue weighted by molar-refractivity contribution is 5.97. The molecule has 0 spiro atoms. The molecule has 4 aliphatic rings. The lowest BCUT2D eigenvalue weighted by atomic mass is 9.93. The second-order valence-corrected chi connectivity index (χ2v) is 12.8. The average Bonchev–Trinajstić information content (AvgIpc) is 3.48. The van der Waals surface area contributed by atoms with Gasteiger partial charge in [0.15, 0.2) is 24.0 Å². The maximum Gasteiger partial charge on any atom is 0.254 e. The first-order valence-corrected chi connectivity index (χ1v) is 17.3. The Hall–Kier alpha value is -5.38. The second kappa shape index (κ2) is 16.1. The van der Waals surface area contributed by atoms with Crippen molar-refractivity contribution in [3.8, 4) is 34.2 Å². The number of ether oxygens (including phenoxy) is 1. The van der Waals surface area contributed by atoms with Crippen LogP contribution in [0.15, 0.2) is 67.5 Å². The predicted octanol–water partition coefficient (Wildman–Crippen LogP) is 4.97. The van der Waals surface area contributed by atoms with Gasteiger partial charge in [-0.1, -0.05) is 25.1 Å². The van der Waals surface area contributed by atoms with E-state index < -0.39 is 5.82 Å². The molecule has 1 atom stereocenters. The van der Waals surface area contributed by atoms with E-state index in [4.69, 9.17) is 15.0 Å². The van der Waals surface area contributed by atoms with E-state index in [0.717, 1.165) is 22.4 Å². The van der Waals surface area contributed by atoms with Gasteiger partial charge in [0.2, 0.25) is 5.91 Å². The number of anilines is 2. The summed E-state index contributed by atoms with van der Waals surface area (Å²) < 4.78 is 20.8. The van der Waals surface area contributed by atoms with Gasteiger partial charge >= 0.3 is 0 Å². The SMILES string of the molecule is C=CCc1c(-c2cnc3c(Nc4ccc(C(=O)N5CCC(C(=O)N6CCN[C@@H](CO)C6)CC5)c(CC)c4)ncccc2-3)ccc(OCC#N)c1F. The summed E-state index contributed by atoms with van der Waals surface area (Å²) in [6.07, 6.45) is 7.09. The fraction of sp³-hybridized carbons (Fsp3) is 0.359. The largest absolute Gasteiger partial charge is 0.476 e. The number of likely N-dealkylation sites (tertiary alicyclic amines) is 1. The Morgan fingerprint density at radius 2 is 1.96 bits per heavy atom. The summed E-state index contributed by atoms with van der Waals surface area (Å²) in [5, 5.41) is 25.0. The standard InChI is InChI=1S/C39H42FN7O4/c1-3-6-31-30(10-11-34(35(31)40)51-20-14-41)33-22-44-36-32(33)7-5-15-43-37(36)45-27-8-9-29(25(4-2)21-27)39(50)46-17-12-26(13-18-46)38(49)47-19-16-42-28(23-47)24-48/h3,5,7-11,15,21-22,26,28,42,48H,1,4,6,12-13,16-20,23-24H2,2H3,(H,43,45)/t28-/m1/s1. The molecule has 0 bridgehead atoms. The van der Waals surface area contributed by atoms with Gasteiger partial charge in [-0.3, -0.25) is 14.6 Å². The second-order valence-electron chi connectivity index (χ2n) is 12.8. The van der Waals surface area contributed by atoms with E-state index in [1.54, 1.807) is 30.6 Å². The summed E-state index contributed by atoms with van der Waals surface area (Å²) in [6, 6.07) is 14.4. The number of aliphatic hydroxyl groups excluding tert-OH is 1. The molecule has 0 radical (unpaired) electrons. The summed E-state index contributed by atoms with van der Waals surface area (Å²) in [6.45, 7) is 8.36. The van der Waals surface area contributed by atoms with E-state index in [2.05, 4.69) is 22.2 Å². The van der Waals surface area contributed by atoms with Gasteiger partial charge in [0, 0.05) is 85.0 Å². The van der Waals surface area contributed by atoms with E-state index in [-0.39, 0.29) is 49.2 Å². The predicted molar refractivity (Wildman–Crippen MR) is 192 cm³/mol. The summed E-state index contributed by atoms with van der Waals surface area (Å²) in [5.41, 5.74) is 5.36. The minimum absolute atomic E-state index is 0.00188. The molecule has 2 fully saturated rings. The number of nitrogens with zero attached hydrogens (tertiary/aromatic N) is 5. The van der Waals surface area contributed by atoms with Gasteiger partial charge in [0.05, 0.1) is 6.61 Å². The number of hydrogen-bond acceptors (Lipinski definition) is 9. The third-order valence-electron chi connectivity index (χ3n) is 9.68. The van der Waals surface area contributed by atoms with Gasteiger partial charge in [-0.15, -0.1) is 6.58 Å². The molecule has 12 heteroatoms. The van der Waals surface area contributed by atoms with E-state index in [0.29, 0.717) is 80.2 Å². The molecule has 2 amide bonds. The smallest absolute Gasteiger partial charge is 0.254 e. The minimum Gasteiger partial charge on any atom is -0.476 e. The number of aryl methyl sites for hydroxylation is 1. The van der Waals surface area contributed by atoms with Crippen LogP contribution in [0.2, 0.25) is 0 Å². The third-order valence-corrected chi connectivity index (χ3v) is 9.68. The molecular weight excluding hydrogens is 649 g/mol. The van der Waals surface area contributed by atoms with Crippen molar-refractivity contribution in [2.45, 2.75) is 38.6 Å². The first-order chi connectivity index (χ1) is 24.9. The molecular formula is C39H42FN7O4. The van der Waals surface area contributed by atoms with Crippen LogP contribution in [0.3, 0.4) is 0 Å². The van der Waals surface area contributed by atoms with Crippen LogP contribution in [0.4, 0.5) is 15.9 Å². The van der Waals surface area contributed by atoms with Gasteiger partial charge in [-0.25, -0.2) is 9.37 Å². The van der Waals surface area contributed by atoms with Gasteiger partial charge in [-0.2, -0.15) is 5.26 Å². The van der Waals surface area contributed by atoms with Crippen LogP contribution < -0.4 is 15.4 Å². The number of aliphatic hydroxyl groups is 1. The fourth-order valence-electron chi connectivity index (χ4n) is 7.01. The number of nitrogens with one attached hydrogen (secondary N) is 2. The first kappa shape index (κ1) is 35.4. The average molecular weight is 692 g/mol.